The van der Waals surface area contributed by atoms with Gasteiger partial charge in [-0.2, -0.15) is 4.98 Å². The van der Waals surface area contributed by atoms with Gasteiger partial charge in [0.25, 0.3) is 0 Å². The standard InChI is InChI=1S/C16H22N4O2/c1-10(2)17-15-8-11(3)18-16(20-15)19-12-6-7-13(21-4)14(9-12)22-5/h6-10H,1-5H3,(H2,17,18,19,20). The molecule has 0 amide bonds. The molecule has 1 aromatic heterocycles. The lowest BCUT2D eigenvalue weighted by molar-refractivity contribution is 0.355. The Morgan fingerprint density at radius 3 is 2.36 bits per heavy atom. The number of nitrogens with one attached hydrogen (secondary N) is 2. The van der Waals surface area contributed by atoms with E-state index < -0.39 is 0 Å². The second-order valence-electron chi connectivity index (χ2n) is 5.21. The molecule has 0 radical (unpaired) electrons. The van der Waals surface area contributed by atoms with Crippen molar-refractivity contribution in [2.45, 2.75) is 26.8 Å². The number of benzene rings is 1. The fourth-order valence-electron chi connectivity index (χ4n) is 2.04. The number of hydrogen-bond acceptors (Lipinski definition) is 6. The van der Waals surface area contributed by atoms with Crippen LogP contribution in [0.25, 0.3) is 0 Å². The molecule has 22 heavy (non-hydrogen) atoms. The summed E-state index contributed by atoms with van der Waals surface area (Å²) in [5.41, 5.74) is 1.72. The predicted octanol–water partition coefficient (Wildman–Crippen LogP) is 3.37. The summed E-state index contributed by atoms with van der Waals surface area (Å²) in [4.78, 5) is 8.86. The van der Waals surface area contributed by atoms with Crippen LogP contribution in [0.3, 0.4) is 0 Å². The monoisotopic (exact) mass is 302 g/mol. The summed E-state index contributed by atoms with van der Waals surface area (Å²) in [5.74, 6) is 2.67. The zero-order valence-corrected chi connectivity index (χ0v) is 13.6. The third-order valence-corrected chi connectivity index (χ3v) is 2.93. The van der Waals surface area contributed by atoms with Crippen LogP contribution < -0.4 is 20.1 Å². The third-order valence-electron chi connectivity index (χ3n) is 2.93. The summed E-state index contributed by atoms with van der Waals surface area (Å²) in [6, 6.07) is 7.80. The number of methoxy groups -OCH3 is 2. The van der Waals surface area contributed by atoms with Gasteiger partial charge >= 0.3 is 0 Å². The van der Waals surface area contributed by atoms with Crippen LogP contribution in [0, 0.1) is 6.92 Å². The highest BCUT2D eigenvalue weighted by Gasteiger charge is 2.07. The number of anilines is 3. The van der Waals surface area contributed by atoms with Crippen molar-refractivity contribution in [2.75, 3.05) is 24.9 Å². The molecule has 1 heterocycles. The fraction of sp³-hybridized carbons (Fsp3) is 0.375. The average molecular weight is 302 g/mol. The van der Waals surface area contributed by atoms with E-state index in [0.717, 1.165) is 17.2 Å². The Kier molecular flexibility index (Phi) is 5.04. The van der Waals surface area contributed by atoms with E-state index in [4.69, 9.17) is 9.47 Å². The first-order valence-electron chi connectivity index (χ1n) is 7.13. The summed E-state index contributed by atoms with van der Waals surface area (Å²) in [5, 5.41) is 6.46. The normalized spacial score (nSPS) is 10.5. The topological polar surface area (TPSA) is 68.3 Å². The summed E-state index contributed by atoms with van der Waals surface area (Å²) in [6.07, 6.45) is 0. The van der Waals surface area contributed by atoms with Gasteiger partial charge in [0.2, 0.25) is 5.95 Å². The Bertz CT molecular complexity index is 644. The molecule has 0 saturated heterocycles. The molecule has 2 rings (SSSR count). The SMILES string of the molecule is COc1ccc(Nc2nc(C)cc(NC(C)C)n2)cc1OC. The summed E-state index contributed by atoms with van der Waals surface area (Å²) >= 11 is 0. The highest BCUT2D eigenvalue weighted by atomic mass is 16.5. The number of aryl methyl sites for hydroxylation is 1. The van der Waals surface area contributed by atoms with Crippen molar-refractivity contribution in [1.82, 2.24) is 9.97 Å². The average Bonchev–Trinajstić information content (AvgIpc) is 2.45. The van der Waals surface area contributed by atoms with E-state index in [1.165, 1.54) is 0 Å². The second kappa shape index (κ2) is 6.98. The smallest absolute Gasteiger partial charge is 0.229 e. The maximum Gasteiger partial charge on any atom is 0.229 e. The van der Waals surface area contributed by atoms with Gasteiger partial charge in [0, 0.05) is 29.6 Å². The van der Waals surface area contributed by atoms with Gasteiger partial charge in [0.15, 0.2) is 11.5 Å². The number of ether oxygens (including phenoxy) is 2. The molecule has 1 aromatic carbocycles. The van der Waals surface area contributed by atoms with Gasteiger partial charge in [0.05, 0.1) is 14.2 Å². The lowest BCUT2D eigenvalue weighted by Gasteiger charge is -2.13. The van der Waals surface area contributed by atoms with Crippen LogP contribution in [-0.2, 0) is 0 Å². The van der Waals surface area contributed by atoms with Crippen LogP contribution in [-0.4, -0.2) is 30.2 Å². The van der Waals surface area contributed by atoms with Crippen molar-refractivity contribution in [1.29, 1.82) is 0 Å². The first kappa shape index (κ1) is 15.9. The Balaban J connectivity index is 2.25. The molecule has 2 aromatic rings. The van der Waals surface area contributed by atoms with E-state index in [0.29, 0.717) is 23.5 Å². The van der Waals surface area contributed by atoms with Crippen LogP contribution in [0.4, 0.5) is 17.5 Å². The maximum atomic E-state index is 5.30. The number of aromatic nitrogens is 2. The Morgan fingerprint density at radius 2 is 1.73 bits per heavy atom. The molecule has 2 N–H and O–H groups in total. The first-order valence-corrected chi connectivity index (χ1v) is 7.13. The van der Waals surface area contributed by atoms with E-state index in [1.54, 1.807) is 14.2 Å². The van der Waals surface area contributed by atoms with Crippen molar-refractivity contribution in [2.24, 2.45) is 0 Å². The van der Waals surface area contributed by atoms with E-state index in [9.17, 15) is 0 Å². The van der Waals surface area contributed by atoms with Crippen molar-refractivity contribution in [3.05, 3.63) is 30.0 Å². The van der Waals surface area contributed by atoms with Crippen LogP contribution in [0.1, 0.15) is 19.5 Å². The van der Waals surface area contributed by atoms with Gasteiger partial charge < -0.3 is 20.1 Å². The van der Waals surface area contributed by atoms with Gasteiger partial charge in [-0.15, -0.1) is 0 Å². The second-order valence-corrected chi connectivity index (χ2v) is 5.21. The van der Waals surface area contributed by atoms with E-state index in [2.05, 4.69) is 34.4 Å². The van der Waals surface area contributed by atoms with E-state index >= 15 is 0 Å². The summed E-state index contributed by atoms with van der Waals surface area (Å²) in [6.45, 7) is 6.07. The lowest BCUT2D eigenvalue weighted by Crippen LogP contribution is -2.12. The molecule has 118 valence electrons. The number of rotatable bonds is 6. The van der Waals surface area contributed by atoms with Gasteiger partial charge in [0.1, 0.15) is 5.82 Å². The molecule has 0 aliphatic rings. The first-order chi connectivity index (χ1) is 10.5. The molecule has 0 aliphatic carbocycles. The predicted molar refractivity (Wildman–Crippen MR) is 88.4 cm³/mol. The molecule has 0 saturated carbocycles. The molecule has 0 fully saturated rings. The van der Waals surface area contributed by atoms with Crippen molar-refractivity contribution in [3.63, 3.8) is 0 Å². The van der Waals surface area contributed by atoms with Crippen molar-refractivity contribution >= 4 is 17.5 Å². The Hall–Kier alpha value is -2.50. The third kappa shape index (κ3) is 4.00. The minimum absolute atomic E-state index is 0.309. The van der Waals surface area contributed by atoms with Crippen LogP contribution in [0.2, 0.25) is 0 Å². The Labute approximate surface area is 130 Å². The lowest BCUT2D eigenvalue weighted by atomic mass is 10.2. The molecule has 6 nitrogen and oxygen atoms in total. The molecule has 0 bridgehead atoms. The zero-order chi connectivity index (χ0) is 16.1. The molecular formula is C16H22N4O2. The molecule has 0 spiro atoms. The quantitative estimate of drug-likeness (QED) is 0.852. The van der Waals surface area contributed by atoms with Gasteiger partial charge in [-0.1, -0.05) is 0 Å². The Morgan fingerprint density at radius 1 is 1.00 bits per heavy atom. The van der Waals surface area contributed by atoms with Crippen molar-refractivity contribution < 1.29 is 9.47 Å². The van der Waals surface area contributed by atoms with E-state index in [1.807, 2.05) is 31.2 Å². The molecule has 0 atom stereocenters. The maximum absolute atomic E-state index is 5.30. The minimum atomic E-state index is 0.309. The summed E-state index contributed by atoms with van der Waals surface area (Å²) < 4.78 is 10.5. The fourth-order valence-corrected chi connectivity index (χ4v) is 2.04. The van der Waals surface area contributed by atoms with Gasteiger partial charge in [-0.05, 0) is 32.9 Å². The van der Waals surface area contributed by atoms with Gasteiger partial charge in [-0.3, -0.25) is 0 Å². The van der Waals surface area contributed by atoms with Crippen molar-refractivity contribution in [3.8, 4) is 11.5 Å². The number of hydrogen-bond donors (Lipinski definition) is 2. The minimum Gasteiger partial charge on any atom is -0.493 e. The highest BCUT2D eigenvalue weighted by Crippen LogP contribution is 2.30. The number of nitrogens with zero attached hydrogens (tertiary/aromatic N) is 2. The largest absolute Gasteiger partial charge is 0.493 e. The van der Waals surface area contributed by atoms with Crippen LogP contribution >= 0.6 is 0 Å². The molecule has 0 unspecified atom stereocenters. The van der Waals surface area contributed by atoms with Gasteiger partial charge in [-0.25, -0.2) is 4.98 Å². The van der Waals surface area contributed by atoms with Crippen LogP contribution in [0.5, 0.6) is 11.5 Å². The zero-order valence-electron chi connectivity index (χ0n) is 13.6. The molecule has 0 aliphatic heterocycles. The summed E-state index contributed by atoms with van der Waals surface area (Å²) in [7, 11) is 3.22. The molecule has 6 heteroatoms. The van der Waals surface area contributed by atoms with Crippen LogP contribution in [0.15, 0.2) is 24.3 Å². The highest BCUT2D eigenvalue weighted by molar-refractivity contribution is 5.60. The molecular weight excluding hydrogens is 280 g/mol. The van der Waals surface area contributed by atoms with E-state index in [-0.39, 0.29) is 0 Å².